The molecule has 2 aromatic rings. The number of allylic oxidation sites excluding steroid dienone is 2. The summed E-state index contributed by atoms with van der Waals surface area (Å²) >= 11 is 0. The number of aliphatic imine (C=N–C) groups is 2. The lowest BCUT2D eigenvalue weighted by Gasteiger charge is -2.34. The molecule has 2 aromatic carbocycles. The number of ether oxygens (including phenoxy) is 3. The molecule has 2 N–H and O–H groups in total. The van der Waals surface area contributed by atoms with Gasteiger partial charge in [-0.15, -0.1) is 0 Å². The number of nitrogens with zero attached hydrogens (tertiary/aromatic N) is 4. The van der Waals surface area contributed by atoms with E-state index in [1.165, 1.54) is 54.9 Å². The Kier molecular flexibility index (Phi) is 12.7. The molecule has 13 heteroatoms. The Bertz CT molecular complexity index is 2310. The summed E-state index contributed by atoms with van der Waals surface area (Å²) in [4.78, 5) is 67.1. The van der Waals surface area contributed by atoms with Gasteiger partial charge in [0.05, 0.1) is 38.5 Å². The number of benzene rings is 2. The van der Waals surface area contributed by atoms with E-state index in [4.69, 9.17) is 24.2 Å². The Morgan fingerprint density at radius 1 is 0.569 bits per heavy atom. The SMILES string of the molecule is COC(=O)N[C@H](C(=O)N1CCC[C@@H]1C1=NC=C(c2ccc(-c3ccc(C4=CN=C([C@@H]5CCCN5C(=O)[C@@H](NC(=O)OC)C5CCCCC5)C4)c4c3C3CCC4O3)cc2)C1)C1CCCCC1. The predicted octanol–water partition coefficient (Wildman–Crippen LogP) is 9.22. The minimum Gasteiger partial charge on any atom is -0.453 e. The quantitative estimate of drug-likeness (QED) is 0.228. The molecule has 8 aliphatic rings. The highest BCUT2D eigenvalue weighted by Crippen LogP contribution is 2.56. The van der Waals surface area contributed by atoms with E-state index in [1.54, 1.807) is 0 Å². The van der Waals surface area contributed by atoms with Crippen molar-refractivity contribution < 1.29 is 33.4 Å². The van der Waals surface area contributed by atoms with Crippen LogP contribution in [0.25, 0.3) is 22.3 Å². The molecule has 0 spiro atoms. The van der Waals surface area contributed by atoms with Gasteiger partial charge >= 0.3 is 12.2 Å². The van der Waals surface area contributed by atoms with Crippen molar-refractivity contribution in [2.75, 3.05) is 27.3 Å². The first kappa shape index (κ1) is 43.6. The molecular weight excluding hydrogens is 821 g/mol. The number of carbonyl (C=O) groups is 4. The Labute approximate surface area is 382 Å². The van der Waals surface area contributed by atoms with Crippen LogP contribution >= 0.6 is 0 Å². The molecule has 2 aliphatic carbocycles. The van der Waals surface area contributed by atoms with E-state index < -0.39 is 24.3 Å². The van der Waals surface area contributed by atoms with Gasteiger partial charge in [-0.05, 0) is 121 Å². The lowest BCUT2D eigenvalue weighted by atomic mass is 9.80. The van der Waals surface area contributed by atoms with Crippen LogP contribution in [-0.4, -0.2) is 96.7 Å². The number of fused-ring (bicyclic) bond motifs is 5. The first-order valence-corrected chi connectivity index (χ1v) is 24.5. The van der Waals surface area contributed by atoms with Gasteiger partial charge in [-0.1, -0.05) is 74.9 Å². The third-order valence-electron chi connectivity index (χ3n) is 15.9. The van der Waals surface area contributed by atoms with Crippen molar-refractivity contribution in [1.29, 1.82) is 0 Å². The summed E-state index contributed by atoms with van der Waals surface area (Å²) < 4.78 is 16.5. The molecule has 2 saturated carbocycles. The third-order valence-corrected chi connectivity index (χ3v) is 15.9. The van der Waals surface area contributed by atoms with Crippen LogP contribution in [0.1, 0.15) is 150 Å². The molecule has 13 nitrogen and oxygen atoms in total. The minimum atomic E-state index is -0.584. The second kappa shape index (κ2) is 18.9. The molecule has 4 amide bonds. The maximum atomic E-state index is 14.3. The van der Waals surface area contributed by atoms with Crippen molar-refractivity contribution in [3.63, 3.8) is 0 Å². The molecule has 6 heterocycles. The Balaban J connectivity index is 0.815. The van der Waals surface area contributed by atoms with Gasteiger partial charge in [0.15, 0.2) is 0 Å². The average Bonchev–Trinajstić information content (AvgIpc) is 4.22. The van der Waals surface area contributed by atoms with Crippen molar-refractivity contribution in [3.05, 3.63) is 71.1 Å². The maximum absolute atomic E-state index is 14.3. The van der Waals surface area contributed by atoms with Crippen molar-refractivity contribution in [2.45, 2.75) is 152 Å². The van der Waals surface area contributed by atoms with Crippen molar-refractivity contribution in [1.82, 2.24) is 20.4 Å². The number of carbonyl (C=O) groups excluding carboxylic acids is 4. The number of rotatable bonds is 11. The van der Waals surface area contributed by atoms with Crippen LogP contribution < -0.4 is 10.6 Å². The molecule has 5 fully saturated rings. The van der Waals surface area contributed by atoms with Crippen LogP contribution in [0.2, 0.25) is 0 Å². The molecule has 65 heavy (non-hydrogen) atoms. The van der Waals surface area contributed by atoms with E-state index >= 15 is 0 Å². The number of methoxy groups -OCH3 is 2. The van der Waals surface area contributed by atoms with Gasteiger partial charge in [-0.2, -0.15) is 0 Å². The summed E-state index contributed by atoms with van der Waals surface area (Å²) in [5.41, 5.74) is 11.6. The molecular formula is C52H64N6O7. The maximum Gasteiger partial charge on any atom is 0.407 e. The van der Waals surface area contributed by atoms with Gasteiger partial charge in [0, 0.05) is 49.8 Å². The highest BCUT2D eigenvalue weighted by molar-refractivity contribution is 6.05. The van der Waals surface area contributed by atoms with Crippen molar-refractivity contribution >= 4 is 46.6 Å². The van der Waals surface area contributed by atoms with Gasteiger partial charge in [-0.3, -0.25) is 19.6 Å². The highest BCUT2D eigenvalue weighted by atomic mass is 16.5. The molecule has 0 radical (unpaired) electrons. The monoisotopic (exact) mass is 884 g/mol. The fourth-order valence-electron chi connectivity index (χ4n) is 12.6. The second-order valence-corrected chi connectivity index (χ2v) is 19.6. The summed E-state index contributed by atoms with van der Waals surface area (Å²) in [6.07, 6.45) is 20.2. The fourth-order valence-corrected chi connectivity index (χ4v) is 12.6. The number of likely N-dealkylation sites (tertiary alicyclic amines) is 2. The molecule has 344 valence electrons. The Morgan fingerprint density at radius 2 is 1.03 bits per heavy atom. The molecule has 0 aromatic heterocycles. The topological polar surface area (TPSA) is 151 Å². The number of hydrogen-bond acceptors (Lipinski definition) is 9. The first-order valence-electron chi connectivity index (χ1n) is 24.5. The van der Waals surface area contributed by atoms with Crippen molar-refractivity contribution in [2.24, 2.45) is 21.8 Å². The van der Waals surface area contributed by atoms with Crippen LogP contribution in [0.5, 0.6) is 0 Å². The standard InChI is InChI=1S/C52H64N6O7/c1-63-51(61)55-47(33-11-5-3-6-12-33)49(59)57-25-9-15-41(57)39-27-35(29-53-39)31-17-19-32(20-18-31)37-21-22-38(46-44-24-23-43(65-44)45(37)46)36-28-40(54-30-36)42-16-10-26-58(42)50(60)48(56-52(62)64-2)34-13-7-4-8-14-34/h17-22,29-30,33-34,41-44,47-48H,3-16,23-28H2,1-2H3,(H,55,61)(H,56,62)/t41-,42+,43?,44?,47+,48+/m1/s1. The van der Waals surface area contributed by atoms with Gasteiger partial charge in [0.25, 0.3) is 0 Å². The van der Waals surface area contributed by atoms with E-state index in [0.717, 1.165) is 118 Å². The zero-order valence-corrected chi connectivity index (χ0v) is 38.0. The number of amides is 4. The Morgan fingerprint density at radius 3 is 1.55 bits per heavy atom. The normalized spacial score (nSPS) is 26.2. The second-order valence-electron chi connectivity index (χ2n) is 19.6. The number of alkyl carbamates (subject to hydrolysis) is 2. The van der Waals surface area contributed by atoms with Crippen LogP contribution in [-0.2, 0) is 23.8 Å². The molecule has 6 atom stereocenters. The van der Waals surface area contributed by atoms with E-state index in [1.807, 2.05) is 22.2 Å². The number of hydrogen-bond donors (Lipinski definition) is 2. The largest absolute Gasteiger partial charge is 0.453 e. The van der Waals surface area contributed by atoms with Crippen LogP contribution in [0.3, 0.4) is 0 Å². The summed E-state index contributed by atoms with van der Waals surface area (Å²) in [6, 6.07) is 12.0. The van der Waals surface area contributed by atoms with E-state index in [2.05, 4.69) is 47.0 Å². The number of nitrogens with one attached hydrogen (secondary N) is 2. The van der Waals surface area contributed by atoms with Crippen LogP contribution in [0.4, 0.5) is 9.59 Å². The zero-order valence-electron chi connectivity index (χ0n) is 38.0. The molecule has 10 rings (SSSR count). The molecule has 2 bridgehead atoms. The van der Waals surface area contributed by atoms with Gasteiger partial charge < -0.3 is 34.6 Å². The smallest absolute Gasteiger partial charge is 0.407 e. The van der Waals surface area contributed by atoms with Gasteiger partial charge in [0.2, 0.25) is 11.8 Å². The highest BCUT2D eigenvalue weighted by Gasteiger charge is 2.45. The minimum absolute atomic E-state index is 0.0124. The predicted molar refractivity (Wildman–Crippen MR) is 249 cm³/mol. The third kappa shape index (κ3) is 8.53. The lowest BCUT2D eigenvalue weighted by Crippen LogP contribution is -2.54. The Hall–Kier alpha value is -5.30. The summed E-state index contributed by atoms with van der Waals surface area (Å²) in [6.45, 7) is 1.33. The first-order chi connectivity index (χ1) is 31.8. The lowest BCUT2D eigenvalue weighted by molar-refractivity contribution is -0.135. The van der Waals surface area contributed by atoms with E-state index in [-0.39, 0.29) is 47.9 Å². The van der Waals surface area contributed by atoms with Crippen LogP contribution in [0.15, 0.2) is 58.8 Å². The molecule has 2 unspecified atom stereocenters. The van der Waals surface area contributed by atoms with Crippen molar-refractivity contribution in [3.8, 4) is 11.1 Å². The summed E-state index contributed by atoms with van der Waals surface area (Å²) in [5, 5.41) is 5.83. The van der Waals surface area contributed by atoms with Crippen LogP contribution in [0, 0.1) is 11.8 Å². The van der Waals surface area contributed by atoms with E-state index in [9.17, 15) is 19.2 Å². The average molecular weight is 885 g/mol. The summed E-state index contributed by atoms with van der Waals surface area (Å²) in [5.74, 6) is 0.202. The summed E-state index contributed by atoms with van der Waals surface area (Å²) in [7, 11) is 2.70. The molecule has 6 aliphatic heterocycles. The fraction of sp³-hybridized carbons (Fsp3) is 0.577. The van der Waals surface area contributed by atoms with Gasteiger partial charge in [0.1, 0.15) is 12.1 Å². The zero-order chi connectivity index (χ0) is 44.6. The van der Waals surface area contributed by atoms with Gasteiger partial charge in [-0.25, -0.2) is 9.59 Å². The van der Waals surface area contributed by atoms with E-state index in [0.29, 0.717) is 25.9 Å². The molecule has 3 saturated heterocycles.